The Morgan fingerprint density at radius 1 is 1.00 bits per heavy atom. The Bertz CT molecular complexity index is 993. The molecular weight excluding hydrogens is 334 g/mol. The van der Waals surface area contributed by atoms with E-state index >= 15 is 0 Å². The van der Waals surface area contributed by atoms with Gasteiger partial charge in [-0.05, 0) is 18.2 Å². The van der Waals surface area contributed by atoms with Crippen molar-refractivity contribution in [3.05, 3.63) is 66.4 Å². The highest BCUT2D eigenvalue weighted by Gasteiger charge is 2.32. The molecule has 1 heterocycles. The molecule has 2 aromatic carbocycles. The summed E-state index contributed by atoms with van der Waals surface area (Å²) in [5, 5.41) is 0.742. The van der Waals surface area contributed by atoms with Crippen LogP contribution in [-0.2, 0) is 15.9 Å². The predicted octanol–water partition coefficient (Wildman–Crippen LogP) is 4.15. The van der Waals surface area contributed by atoms with Gasteiger partial charge in [-0.1, -0.05) is 36.4 Å². The van der Waals surface area contributed by atoms with Gasteiger partial charge in [0.2, 0.25) is 0 Å². The number of hydrogen-bond acceptors (Lipinski definition) is 3. The van der Waals surface area contributed by atoms with E-state index in [0.717, 1.165) is 17.5 Å². The van der Waals surface area contributed by atoms with Crippen LogP contribution < -0.4 is 4.72 Å². The largest absolute Gasteiger partial charge is 0.277 e. The molecule has 0 spiro atoms. The van der Waals surface area contributed by atoms with Gasteiger partial charge in [-0.3, -0.25) is 9.71 Å². The molecule has 4 nitrogen and oxygen atoms in total. The molecule has 0 saturated heterocycles. The number of hydrogen-bond donors (Lipinski definition) is 1. The van der Waals surface area contributed by atoms with E-state index in [1.54, 1.807) is 30.3 Å². The van der Waals surface area contributed by atoms with Crippen molar-refractivity contribution in [1.82, 2.24) is 4.98 Å². The van der Waals surface area contributed by atoms with Crippen LogP contribution in [0.4, 0.5) is 14.5 Å². The molecule has 0 atom stereocenters. The average Bonchev–Trinajstić information content (AvgIpc) is 2.54. The number of aromatic nitrogens is 1. The Balaban J connectivity index is 2.10. The van der Waals surface area contributed by atoms with Gasteiger partial charge in [-0.25, -0.2) is 17.2 Å². The van der Waals surface area contributed by atoms with Gasteiger partial charge in [0.25, 0.3) is 15.9 Å². The highest BCUT2D eigenvalue weighted by atomic mass is 32.2. The van der Waals surface area contributed by atoms with Crippen molar-refractivity contribution in [3.8, 4) is 0 Å². The smallest absolute Gasteiger partial charge is 0.271 e. The van der Waals surface area contributed by atoms with Gasteiger partial charge in [0, 0.05) is 24.1 Å². The average molecular weight is 348 g/mol. The van der Waals surface area contributed by atoms with Crippen LogP contribution in [0, 0.1) is 0 Å². The standard InChI is InChI=1S/C17H14F2N2O2S/c1-17(18,19)13-8-2-3-10-15(13)24(22,23)21-14-9-4-6-12-7-5-11-20-16(12)14/h2-11,21H,1H3. The molecule has 1 aromatic heterocycles. The second kappa shape index (κ2) is 5.83. The molecule has 3 rings (SSSR count). The minimum atomic E-state index is -4.19. The fourth-order valence-electron chi connectivity index (χ4n) is 2.45. The number of anilines is 1. The maximum Gasteiger partial charge on any atom is 0.271 e. The Labute approximate surface area is 138 Å². The Morgan fingerprint density at radius 2 is 1.71 bits per heavy atom. The minimum absolute atomic E-state index is 0.238. The summed E-state index contributed by atoms with van der Waals surface area (Å²) in [6.07, 6.45) is 1.54. The Morgan fingerprint density at radius 3 is 2.46 bits per heavy atom. The van der Waals surface area contributed by atoms with E-state index < -0.39 is 26.4 Å². The van der Waals surface area contributed by atoms with Crippen LogP contribution in [0.2, 0.25) is 0 Å². The summed E-state index contributed by atoms with van der Waals surface area (Å²) in [4.78, 5) is 3.70. The van der Waals surface area contributed by atoms with E-state index in [9.17, 15) is 17.2 Å². The highest BCUT2D eigenvalue weighted by Crippen LogP contribution is 2.33. The van der Waals surface area contributed by atoms with E-state index in [2.05, 4.69) is 9.71 Å². The summed E-state index contributed by atoms with van der Waals surface area (Å²) >= 11 is 0. The molecule has 0 unspecified atom stereocenters. The van der Waals surface area contributed by atoms with E-state index in [-0.39, 0.29) is 5.69 Å². The summed E-state index contributed by atoms with van der Waals surface area (Å²) in [5.74, 6) is -3.28. The molecule has 0 amide bonds. The first-order valence-corrected chi connectivity index (χ1v) is 8.61. The zero-order valence-corrected chi connectivity index (χ0v) is 13.5. The number of pyridine rings is 1. The van der Waals surface area contributed by atoms with Gasteiger partial charge >= 0.3 is 0 Å². The lowest BCUT2D eigenvalue weighted by Crippen LogP contribution is -2.19. The summed E-state index contributed by atoms with van der Waals surface area (Å²) in [7, 11) is -4.19. The normalized spacial score (nSPS) is 12.3. The van der Waals surface area contributed by atoms with Crippen molar-refractivity contribution in [2.75, 3.05) is 4.72 Å². The molecule has 0 saturated carbocycles. The molecule has 0 aliphatic rings. The third-order valence-corrected chi connectivity index (χ3v) is 4.95. The number of para-hydroxylation sites is 1. The maximum absolute atomic E-state index is 13.7. The summed E-state index contributed by atoms with van der Waals surface area (Å²) in [6.45, 7) is 0.667. The SMILES string of the molecule is CC(F)(F)c1ccccc1S(=O)(=O)Nc1cccc2cccnc12. The zero-order chi connectivity index (χ0) is 17.4. The van der Waals surface area contributed by atoms with Gasteiger partial charge in [0.05, 0.1) is 16.1 Å². The number of alkyl halides is 2. The van der Waals surface area contributed by atoms with Crippen molar-refractivity contribution in [2.45, 2.75) is 17.7 Å². The number of nitrogens with one attached hydrogen (secondary N) is 1. The van der Waals surface area contributed by atoms with Crippen LogP contribution in [0.5, 0.6) is 0 Å². The van der Waals surface area contributed by atoms with E-state index in [4.69, 9.17) is 0 Å². The molecule has 24 heavy (non-hydrogen) atoms. The Kier molecular flexibility index (Phi) is 3.96. The first kappa shape index (κ1) is 16.3. The van der Waals surface area contributed by atoms with Crippen molar-refractivity contribution < 1.29 is 17.2 Å². The van der Waals surface area contributed by atoms with Crippen LogP contribution in [0.25, 0.3) is 10.9 Å². The molecule has 0 bridgehead atoms. The number of sulfonamides is 1. The number of fused-ring (bicyclic) bond motifs is 1. The lowest BCUT2D eigenvalue weighted by atomic mass is 10.1. The van der Waals surface area contributed by atoms with Gasteiger partial charge in [-0.2, -0.15) is 0 Å². The van der Waals surface area contributed by atoms with Crippen molar-refractivity contribution in [3.63, 3.8) is 0 Å². The number of benzene rings is 2. The topological polar surface area (TPSA) is 59.1 Å². The van der Waals surface area contributed by atoms with Gasteiger partial charge in [0.1, 0.15) is 0 Å². The highest BCUT2D eigenvalue weighted by molar-refractivity contribution is 7.92. The fraction of sp³-hybridized carbons (Fsp3) is 0.118. The third-order valence-electron chi connectivity index (χ3n) is 3.53. The van der Waals surface area contributed by atoms with E-state index in [1.165, 1.54) is 18.3 Å². The zero-order valence-electron chi connectivity index (χ0n) is 12.7. The molecule has 124 valence electrons. The van der Waals surface area contributed by atoms with E-state index in [1.807, 2.05) is 0 Å². The molecule has 0 radical (unpaired) electrons. The van der Waals surface area contributed by atoms with Crippen molar-refractivity contribution in [1.29, 1.82) is 0 Å². The predicted molar refractivity (Wildman–Crippen MR) is 88.6 cm³/mol. The fourth-order valence-corrected chi connectivity index (χ4v) is 3.81. The van der Waals surface area contributed by atoms with Crippen LogP contribution in [0.3, 0.4) is 0 Å². The number of nitrogens with zero attached hydrogens (tertiary/aromatic N) is 1. The third kappa shape index (κ3) is 3.07. The van der Waals surface area contributed by atoms with Crippen LogP contribution in [-0.4, -0.2) is 13.4 Å². The molecule has 0 aliphatic carbocycles. The quantitative estimate of drug-likeness (QED) is 0.771. The van der Waals surface area contributed by atoms with Gasteiger partial charge < -0.3 is 0 Å². The van der Waals surface area contributed by atoms with Crippen molar-refractivity contribution >= 4 is 26.6 Å². The summed E-state index contributed by atoms with van der Waals surface area (Å²) in [6, 6.07) is 13.6. The monoisotopic (exact) mass is 348 g/mol. The molecule has 0 aliphatic heterocycles. The first-order valence-electron chi connectivity index (χ1n) is 7.13. The number of halogens is 2. The maximum atomic E-state index is 13.7. The second-order valence-electron chi connectivity index (χ2n) is 5.37. The first-order chi connectivity index (χ1) is 11.3. The van der Waals surface area contributed by atoms with E-state index in [0.29, 0.717) is 12.4 Å². The van der Waals surface area contributed by atoms with Gasteiger partial charge in [0.15, 0.2) is 0 Å². The Hall–Kier alpha value is -2.54. The van der Waals surface area contributed by atoms with Crippen LogP contribution in [0.1, 0.15) is 12.5 Å². The van der Waals surface area contributed by atoms with Crippen LogP contribution in [0.15, 0.2) is 65.7 Å². The molecular formula is C17H14F2N2O2S. The van der Waals surface area contributed by atoms with Crippen LogP contribution >= 0.6 is 0 Å². The number of rotatable bonds is 4. The van der Waals surface area contributed by atoms with Gasteiger partial charge in [-0.15, -0.1) is 0 Å². The van der Waals surface area contributed by atoms with Crippen molar-refractivity contribution in [2.24, 2.45) is 0 Å². The molecule has 1 N–H and O–H groups in total. The molecule has 7 heteroatoms. The summed E-state index contributed by atoms with van der Waals surface area (Å²) in [5.41, 5.74) is 0.136. The lowest BCUT2D eigenvalue weighted by molar-refractivity contribution is 0.0144. The lowest BCUT2D eigenvalue weighted by Gasteiger charge is -2.17. The summed E-state index contributed by atoms with van der Waals surface area (Å²) < 4.78 is 55.1. The minimum Gasteiger partial charge on any atom is -0.277 e. The molecule has 0 fully saturated rings. The second-order valence-corrected chi connectivity index (χ2v) is 7.02. The molecule has 3 aromatic rings.